The molecule has 21 heavy (non-hydrogen) atoms. The first-order valence-electron chi connectivity index (χ1n) is 7.28. The van der Waals surface area contributed by atoms with Gasteiger partial charge >= 0.3 is 0 Å². The Labute approximate surface area is 130 Å². The summed E-state index contributed by atoms with van der Waals surface area (Å²) in [6.45, 7) is 8.73. The Hall–Kier alpha value is -1.53. The van der Waals surface area contributed by atoms with Gasteiger partial charge < -0.3 is 9.34 Å². The molecule has 2 nitrogen and oxygen atoms in total. The molecule has 0 unspecified atom stereocenters. The van der Waals surface area contributed by atoms with E-state index < -0.39 is 0 Å². The van der Waals surface area contributed by atoms with Gasteiger partial charge in [-0.2, -0.15) is 0 Å². The summed E-state index contributed by atoms with van der Waals surface area (Å²) in [6.07, 6.45) is 0. The molecule has 0 atom stereocenters. The second-order valence-corrected chi connectivity index (χ2v) is 7.24. The number of hydrogen-bond donors (Lipinski definition) is 0. The fourth-order valence-electron chi connectivity index (χ4n) is 2.99. The van der Waals surface area contributed by atoms with Crippen molar-refractivity contribution < 1.29 is 0 Å². The Bertz CT molecular complexity index is 541. The molecule has 0 radical (unpaired) electrons. The van der Waals surface area contributed by atoms with Crippen LogP contribution >= 0.6 is 8.88 Å². The van der Waals surface area contributed by atoms with Gasteiger partial charge in [0, 0.05) is 25.5 Å². The summed E-state index contributed by atoms with van der Waals surface area (Å²) < 4.78 is 4.72. The van der Waals surface area contributed by atoms with Crippen molar-refractivity contribution >= 4 is 20.3 Å². The van der Waals surface area contributed by atoms with Crippen LogP contribution in [0.4, 0.5) is 11.4 Å². The predicted molar refractivity (Wildman–Crippen MR) is 97.0 cm³/mol. The van der Waals surface area contributed by atoms with Crippen molar-refractivity contribution in [3.63, 3.8) is 0 Å². The first-order chi connectivity index (χ1) is 9.91. The maximum Gasteiger partial charge on any atom is 0.0793 e. The molecule has 0 aliphatic rings. The third-order valence-corrected chi connectivity index (χ3v) is 4.90. The van der Waals surface area contributed by atoms with Gasteiger partial charge in [-0.25, -0.2) is 0 Å². The van der Waals surface area contributed by atoms with E-state index in [9.17, 15) is 0 Å². The van der Waals surface area contributed by atoms with Crippen molar-refractivity contribution in [2.45, 2.75) is 27.7 Å². The molecule has 0 amide bonds. The molecular weight excluding hydrogens is 275 g/mol. The van der Waals surface area contributed by atoms with Gasteiger partial charge in [0.25, 0.3) is 0 Å². The summed E-state index contributed by atoms with van der Waals surface area (Å²) in [5.74, 6) is 0. The second-order valence-electron chi connectivity index (χ2n) is 5.70. The lowest BCUT2D eigenvalue weighted by atomic mass is 10.1. The summed E-state index contributed by atoms with van der Waals surface area (Å²) in [5, 5.41) is 0. The fourth-order valence-corrected chi connectivity index (χ4v) is 4.35. The average molecular weight is 300 g/mol. The molecule has 0 aliphatic carbocycles. The Morgan fingerprint density at radius 2 is 0.905 bits per heavy atom. The van der Waals surface area contributed by atoms with Crippen molar-refractivity contribution in [3.05, 3.63) is 58.7 Å². The normalized spacial score (nSPS) is 10.6. The highest BCUT2D eigenvalue weighted by molar-refractivity contribution is 7.42. The number of nitrogens with zero attached hydrogens (tertiary/aromatic N) is 2. The Morgan fingerprint density at radius 3 is 1.19 bits per heavy atom. The van der Waals surface area contributed by atoms with Gasteiger partial charge in [0.1, 0.15) is 0 Å². The molecule has 3 heteroatoms. The highest BCUT2D eigenvalue weighted by Crippen LogP contribution is 2.37. The van der Waals surface area contributed by atoms with Gasteiger partial charge in [0.05, 0.1) is 8.88 Å². The van der Waals surface area contributed by atoms with E-state index >= 15 is 0 Å². The van der Waals surface area contributed by atoms with Crippen LogP contribution in [0, 0.1) is 27.7 Å². The molecule has 0 bridgehead atoms. The first-order valence-corrected chi connectivity index (χ1v) is 8.17. The molecule has 0 N–H and O–H groups in total. The summed E-state index contributed by atoms with van der Waals surface area (Å²) in [4.78, 5) is 0. The summed E-state index contributed by atoms with van der Waals surface area (Å²) in [6, 6.07) is 13.0. The molecule has 2 aromatic rings. The van der Waals surface area contributed by atoms with E-state index in [2.05, 4.69) is 87.5 Å². The molecule has 0 heterocycles. The van der Waals surface area contributed by atoms with E-state index in [0.717, 1.165) is 0 Å². The number of hydrogen-bond acceptors (Lipinski definition) is 2. The third-order valence-electron chi connectivity index (χ3n) is 3.85. The Morgan fingerprint density at radius 1 is 0.619 bits per heavy atom. The van der Waals surface area contributed by atoms with Crippen molar-refractivity contribution in [2.75, 3.05) is 23.4 Å². The Kier molecular flexibility index (Phi) is 4.90. The average Bonchev–Trinajstić information content (AvgIpc) is 2.38. The summed E-state index contributed by atoms with van der Waals surface area (Å²) in [5.41, 5.74) is 8.02. The number of anilines is 2. The standard InChI is InChI=1S/C18H25N2P/c1-13-9-7-10-14(2)17(13)19(5)21-20(6)18-15(3)11-8-12-16(18)4/h7-12,21H,1-6H3. The smallest absolute Gasteiger partial charge is 0.0793 e. The zero-order chi connectivity index (χ0) is 15.6. The molecule has 0 saturated heterocycles. The molecular formula is C18H25N2P. The van der Waals surface area contributed by atoms with Crippen LogP contribution in [0.15, 0.2) is 36.4 Å². The lowest BCUT2D eigenvalue weighted by molar-refractivity contribution is 1.21. The van der Waals surface area contributed by atoms with E-state index in [1.807, 2.05) is 0 Å². The van der Waals surface area contributed by atoms with E-state index in [1.165, 1.54) is 33.6 Å². The number of aryl methyl sites for hydroxylation is 4. The SMILES string of the molecule is Cc1cccc(C)c1N(C)PN(C)c1c(C)cccc1C. The molecule has 0 spiro atoms. The van der Waals surface area contributed by atoms with Crippen LogP contribution in [0.25, 0.3) is 0 Å². The monoisotopic (exact) mass is 300 g/mol. The molecule has 0 aliphatic heterocycles. The lowest BCUT2D eigenvalue weighted by Crippen LogP contribution is -2.18. The van der Waals surface area contributed by atoms with Crippen LogP contribution in [0.3, 0.4) is 0 Å². The highest BCUT2D eigenvalue weighted by Gasteiger charge is 2.13. The van der Waals surface area contributed by atoms with Crippen molar-refractivity contribution in [1.82, 2.24) is 0 Å². The van der Waals surface area contributed by atoms with Crippen molar-refractivity contribution in [2.24, 2.45) is 0 Å². The van der Waals surface area contributed by atoms with Crippen LogP contribution in [-0.4, -0.2) is 14.1 Å². The minimum atomic E-state index is 0.587. The van der Waals surface area contributed by atoms with E-state index in [1.54, 1.807) is 0 Å². The molecule has 2 aromatic carbocycles. The van der Waals surface area contributed by atoms with Gasteiger partial charge in [0.15, 0.2) is 0 Å². The number of rotatable bonds is 4. The van der Waals surface area contributed by atoms with Gasteiger partial charge in [-0.15, -0.1) is 0 Å². The summed E-state index contributed by atoms with van der Waals surface area (Å²) in [7, 11) is 4.94. The molecule has 2 rings (SSSR count). The van der Waals surface area contributed by atoms with Crippen molar-refractivity contribution in [1.29, 1.82) is 0 Å². The van der Waals surface area contributed by atoms with E-state index in [0.29, 0.717) is 8.88 Å². The van der Waals surface area contributed by atoms with Crippen LogP contribution in [0.2, 0.25) is 0 Å². The highest BCUT2D eigenvalue weighted by atomic mass is 31.1. The molecule has 0 saturated carbocycles. The zero-order valence-electron chi connectivity index (χ0n) is 13.9. The van der Waals surface area contributed by atoms with Crippen LogP contribution in [-0.2, 0) is 0 Å². The quantitative estimate of drug-likeness (QED) is 0.733. The molecule has 112 valence electrons. The van der Waals surface area contributed by atoms with Gasteiger partial charge in [-0.05, 0) is 49.9 Å². The van der Waals surface area contributed by atoms with Gasteiger partial charge in [-0.3, -0.25) is 0 Å². The van der Waals surface area contributed by atoms with Crippen LogP contribution in [0.5, 0.6) is 0 Å². The molecule has 0 fully saturated rings. The largest absolute Gasteiger partial charge is 0.339 e. The van der Waals surface area contributed by atoms with E-state index in [-0.39, 0.29) is 0 Å². The van der Waals surface area contributed by atoms with E-state index in [4.69, 9.17) is 0 Å². The maximum absolute atomic E-state index is 2.36. The fraction of sp³-hybridized carbons (Fsp3) is 0.333. The topological polar surface area (TPSA) is 6.48 Å². The van der Waals surface area contributed by atoms with Crippen LogP contribution in [0.1, 0.15) is 22.3 Å². The van der Waals surface area contributed by atoms with Gasteiger partial charge in [-0.1, -0.05) is 36.4 Å². The van der Waals surface area contributed by atoms with Crippen molar-refractivity contribution in [3.8, 4) is 0 Å². The minimum Gasteiger partial charge on any atom is -0.339 e. The second kappa shape index (κ2) is 6.49. The van der Waals surface area contributed by atoms with Crippen LogP contribution < -0.4 is 9.34 Å². The third kappa shape index (κ3) is 3.39. The summed E-state index contributed by atoms with van der Waals surface area (Å²) >= 11 is 0. The van der Waals surface area contributed by atoms with Gasteiger partial charge in [0.2, 0.25) is 0 Å². The minimum absolute atomic E-state index is 0.587. The lowest BCUT2D eigenvalue weighted by Gasteiger charge is -2.31. The predicted octanol–water partition coefficient (Wildman–Crippen LogP) is 5.00. The Balaban J connectivity index is 2.25. The number of benzene rings is 2. The number of para-hydroxylation sites is 2. The molecule has 0 aromatic heterocycles. The maximum atomic E-state index is 2.36. The zero-order valence-corrected chi connectivity index (χ0v) is 14.9. The first kappa shape index (κ1) is 15.9.